The van der Waals surface area contributed by atoms with Gasteiger partial charge >= 0.3 is 0 Å². The Morgan fingerprint density at radius 1 is 0.889 bits per heavy atom. The van der Waals surface area contributed by atoms with Crippen molar-refractivity contribution in [2.24, 2.45) is 0 Å². The summed E-state index contributed by atoms with van der Waals surface area (Å²) < 4.78 is 2.82. The molecule has 4 heteroatoms. The fraction of sp³-hybridized carbons (Fsp3) is 0. The topological polar surface area (TPSA) is 30.7 Å². The minimum Gasteiger partial charge on any atom is -0.220 e. The second-order valence-corrected chi connectivity index (χ2v) is 4.81. The lowest BCUT2D eigenvalue weighted by molar-refractivity contribution is 0.804. The summed E-state index contributed by atoms with van der Waals surface area (Å²) in [5.74, 6) is 0. The second kappa shape index (κ2) is 4.74. The summed E-state index contributed by atoms with van der Waals surface area (Å²) in [5.41, 5.74) is 2.94. The van der Waals surface area contributed by atoms with Gasteiger partial charge in [0.2, 0.25) is 0 Å². The van der Waals surface area contributed by atoms with E-state index in [1.165, 1.54) is 0 Å². The summed E-state index contributed by atoms with van der Waals surface area (Å²) >= 11 is 3.41. The minimum atomic E-state index is 0.874. The van der Waals surface area contributed by atoms with Crippen molar-refractivity contribution in [1.82, 2.24) is 15.0 Å². The fourth-order valence-electron chi connectivity index (χ4n) is 1.73. The predicted molar refractivity (Wildman–Crippen MR) is 74.5 cm³/mol. The van der Waals surface area contributed by atoms with Gasteiger partial charge in [0.05, 0.1) is 11.9 Å². The standard InChI is InChI=1S/C14H10BrN3/c15-12-6-8-13(9-7-12)18-10-14(16-17-18)11-4-2-1-3-5-11/h1-10H. The van der Waals surface area contributed by atoms with Gasteiger partial charge in [-0.15, -0.1) is 5.10 Å². The number of rotatable bonds is 2. The smallest absolute Gasteiger partial charge is 0.113 e. The van der Waals surface area contributed by atoms with Crippen molar-refractivity contribution < 1.29 is 0 Å². The molecule has 0 fully saturated rings. The molecule has 0 amide bonds. The van der Waals surface area contributed by atoms with Crippen LogP contribution in [0.1, 0.15) is 0 Å². The van der Waals surface area contributed by atoms with E-state index in [1.54, 1.807) is 4.68 Å². The van der Waals surface area contributed by atoms with Crippen LogP contribution < -0.4 is 0 Å². The molecule has 0 bridgehead atoms. The maximum Gasteiger partial charge on any atom is 0.113 e. The number of hydrogen-bond donors (Lipinski definition) is 0. The van der Waals surface area contributed by atoms with Crippen molar-refractivity contribution in [3.63, 3.8) is 0 Å². The molecule has 0 radical (unpaired) electrons. The van der Waals surface area contributed by atoms with Gasteiger partial charge in [-0.2, -0.15) is 0 Å². The lowest BCUT2D eigenvalue weighted by Gasteiger charge is -1.99. The molecule has 1 aromatic heterocycles. The normalized spacial score (nSPS) is 10.5. The molecule has 0 aliphatic carbocycles. The van der Waals surface area contributed by atoms with Crippen molar-refractivity contribution >= 4 is 15.9 Å². The Hall–Kier alpha value is -1.94. The molecule has 1 heterocycles. The average molecular weight is 300 g/mol. The zero-order valence-corrected chi connectivity index (χ0v) is 11.1. The molecule has 0 unspecified atom stereocenters. The highest BCUT2D eigenvalue weighted by molar-refractivity contribution is 9.10. The molecule has 2 aromatic carbocycles. The Balaban J connectivity index is 1.97. The van der Waals surface area contributed by atoms with Gasteiger partial charge in [0.15, 0.2) is 0 Å². The Bertz CT molecular complexity index is 644. The van der Waals surface area contributed by atoms with Gasteiger partial charge in [0, 0.05) is 10.0 Å². The van der Waals surface area contributed by atoms with Crippen LogP contribution in [0.15, 0.2) is 65.3 Å². The molecule has 0 spiro atoms. The zero-order valence-electron chi connectivity index (χ0n) is 9.49. The lowest BCUT2D eigenvalue weighted by atomic mass is 10.2. The first-order chi connectivity index (χ1) is 8.83. The van der Waals surface area contributed by atoms with Crippen LogP contribution in [0.2, 0.25) is 0 Å². The van der Waals surface area contributed by atoms with Crippen LogP contribution in [0.4, 0.5) is 0 Å². The third-order valence-corrected chi connectivity index (χ3v) is 3.18. The van der Waals surface area contributed by atoms with E-state index in [0.717, 1.165) is 21.4 Å². The summed E-state index contributed by atoms with van der Waals surface area (Å²) in [6.45, 7) is 0. The highest BCUT2D eigenvalue weighted by Crippen LogP contribution is 2.18. The van der Waals surface area contributed by atoms with E-state index in [0.29, 0.717) is 0 Å². The zero-order chi connectivity index (χ0) is 12.4. The van der Waals surface area contributed by atoms with Gasteiger partial charge < -0.3 is 0 Å². The van der Waals surface area contributed by atoms with Crippen molar-refractivity contribution in [2.45, 2.75) is 0 Å². The molecule has 0 aliphatic rings. The maximum atomic E-state index is 4.19. The second-order valence-electron chi connectivity index (χ2n) is 3.89. The summed E-state index contributed by atoms with van der Waals surface area (Å²) in [6, 6.07) is 18.0. The maximum absolute atomic E-state index is 4.19. The monoisotopic (exact) mass is 299 g/mol. The first kappa shape index (κ1) is 11.2. The molecule has 3 nitrogen and oxygen atoms in total. The van der Waals surface area contributed by atoms with Crippen LogP contribution in [0.25, 0.3) is 16.9 Å². The van der Waals surface area contributed by atoms with E-state index >= 15 is 0 Å². The van der Waals surface area contributed by atoms with Crippen LogP contribution in [0.3, 0.4) is 0 Å². The molecule has 0 N–H and O–H groups in total. The molecule has 0 atom stereocenters. The molecule has 0 saturated heterocycles. The van der Waals surface area contributed by atoms with Gasteiger partial charge in [-0.25, -0.2) is 4.68 Å². The first-order valence-corrected chi connectivity index (χ1v) is 6.36. The SMILES string of the molecule is Brc1ccc(-n2cc(-c3ccccc3)nn2)cc1. The molecule has 3 aromatic rings. The average Bonchev–Trinajstić information content (AvgIpc) is 2.90. The Kier molecular flexibility index (Phi) is 2.94. The Morgan fingerprint density at radius 3 is 2.33 bits per heavy atom. The third kappa shape index (κ3) is 2.19. The highest BCUT2D eigenvalue weighted by Gasteiger charge is 2.04. The van der Waals surface area contributed by atoms with E-state index in [2.05, 4.69) is 26.2 Å². The summed E-state index contributed by atoms with van der Waals surface area (Å²) in [4.78, 5) is 0. The number of benzene rings is 2. The molecule has 0 saturated carbocycles. The van der Waals surface area contributed by atoms with E-state index in [-0.39, 0.29) is 0 Å². The van der Waals surface area contributed by atoms with E-state index < -0.39 is 0 Å². The molecular weight excluding hydrogens is 290 g/mol. The van der Waals surface area contributed by atoms with E-state index in [4.69, 9.17) is 0 Å². The molecule has 88 valence electrons. The third-order valence-electron chi connectivity index (χ3n) is 2.65. The van der Waals surface area contributed by atoms with Gasteiger partial charge in [0.25, 0.3) is 0 Å². The van der Waals surface area contributed by atoms with Gasteiger partial charge in [-0.3, -0.25) is 0 Å². The largest absolute Gasteiger partial charge is 0.220 e. The van der Waals surface area contributed by atoms with Crippen LogP contribution in [-0.4, -0.2) is 15.0 Å². The molecule has 3 rings (SSSR count). The Labute approximate surface area is 113 Å². The van der Waals surface area contributed by atoms with E-state index in [1.807, 2.05) is 60.8 Å². The fourth-order valence-corrected chi connectivity index (χ4v) is 1.99. The molecule has 18 heavy (non-hydrogen) atoms. The van der Waals surface area contributed by atoms with Gasteiger partial charge in [0.1, 0.15) is 5.69 Å². The van der Waals surface area contributed by atoms with Crippen LogP contribution >= 0.6 is 15.9 Å². The number of hydrogen-bond acceptors (Lipinski definition) is 2. The quantitative estimate of drug-likeness (QED) is 0.722. The van der Waals surface area contributed by atoms with Crippen molar-refractivity contribution in [1.29, 1.82) is 0 Å². The minimum absolute atomic E-state index is 0.874. The Morgan fingerprint density at radius 2 is 1.61 bits per heavy atom. The number of aromatic nitrogens is 3. The van der Waals surface area contributed by atoms with Crippen LogP contribution in [0, 0.1) is 0 Å². The number of halogens is 1. The summed E-state index contributed by atoms with van der Waals surface area (Å²) in [7, 11) is 0. The van der Waals surface area contributed by atoms with Gasteiger partial charge in [-0.1, -0.05) is 51.5 Å². The lowest BCUT2D eigenvalue weighted by Crippen LogP contribution is -1.93. The van der Waals surface area contributed by atoms with Crippen LogP contribution in [-0.2, 0) is 0 Å². The van der Waals surface area contributed by atoms with Crippen LogP contribution in [0.5, 0.6) is 0 Å². The summed E-state index contributed by atoms with van der Waals surface area (Å²) in [5, 5.41) is 8.33. The first-order valence-electron chi connectivity index (χ1n) is 5.57. The molecule has 0 aliphatic heterocycles. The summed E-state index contributed by atoms with van der Waals surface area (Å²) in [6.07, 6.45) is 1.93. The number of nitrogens with zero attached hydrogens (tertiary/aromatic N) is 3. The van der Waals surface area contributed by atoms with Crippen molar-refractivity contribution in [3.05, 3.63) is 65.3 Å². The van der Waals surface area contributed by atoms with E-state index in [9.17, 15) is 0 Å². The molecular formula is C14H10BrN3. The van der Waals surface area contributed by atoms with Gasteiger partial charge in [-0.05, 0) is 24.3 Å². The highest BCUT2D eigenvalue weighted by atomic mass is 79.9. The van der Waals surface area contributed by atoms with Crippen molar-refractivity contribution in [2.75, 3.05) is 0 Å². The predicted octanol–water partition coefficient (Wildman–Crippen LogP) is 3.70. The van der Waals surface area contributed by atoms with Crippen molar-refractivity contribution in [3.8, 4) is 16.9 Å².